The van der Waals surface area contributed by atoms with Crippen molar-refractivity contribution < 1.29 is 9.59 Å². The van der Waals surface area contributed by atoms with Crippen molar-refractivity contribution in [2.45, 2.75) is 32.7 Å². The average molecular weight is 421 g/mol. The summed E-state index contributed by atoms with van der Waals surface area (Å²) in [5.74, 6) is -0.125. The molecule has 3 aromatic rings. The van der Waals surface area contributed by atoms with Gasteiger partial charge in [-0.25, -0.2) is 9.97 Å². The van der Waals surface area contributed by atoms with Crippen molar-refractivity contribution in [3.63, 3.8) is 0 Å². The van der Waals surface area contributed by atoms with Gasteiger partial charge in [-0.3, -0.25) is 9.59 Å². The highest BCUT2D eigenvalue weighted by molar-refractivity contribution is 7.14. The van der Waals surface area contributed by atoms with Crippen LogP contribution in [-0.2, 0) is 35.4 Å². The van der Waals surface area contributed by atoms with Gasteiger partial charge < -0.3 is 10.2 Å². The van der Waals surface area contributed by atoms with Crippen LogP contribution < -0.4 is 5.32 Å². The van der Waals surface area contributed by atoms with Crippen molar-refractivity contribution in [3.05, 3.63) is 49.5 Å². The Kier molecular flexibility index (Phi) is 6.70. The maximum Gasteiger partial charge on any atom is 0.231 e. The highest BCUT2D eigenvalue weighted by Crippen LogP contribution is 2.18. The van der Waals surface area contributed by atoms with Gasteiger partial charge in [0.05, 0.1) is 35.8 Å². The zero-order valence-electron chi connectivity index (χ0n) is 15.1. The van der Waals surface area contributed by atoms with E-state index < -0.39 is 0 Å². The lowest BCUT2D eigenvalue weighted by Gasteiger charge is -2.15. The Morgan fingerprint density at radius 3 is 2.63 bits per heavy atom. The van der Waals surface area contributed by atoms with Gasteiger partial charge in [-0.15, -0.1) is 34.0 Å². The van der Waals surface area contributed by atoms with Crippen LogP contribution in [0, 0.1) is 0 Å². The van der Waals surface area contributed by atoms with Gasteiger partial charge in [0.25, 0.3) is 0 Å². The Morgan fingerprint density at radius 1 is 1.11 bits per heavy atom. The number of amides is 2. The van der Waals surface area contributed by atoms with Crippen molar-refractivity contribution in [1.82, 2.24) is 14.9 Å². The lowest BCUT2D eigenvalue weighted by atomic mass is 10.3. The fourth-order valence-electron chi connectivity index (χ4n) is 2.39. The third kappa shape index (κ3) is 5.69. The second kappa shape index (κ2) is 9.20. The van der Waals surface area contributed by atoms with E-state index in [9.17, 15) is 9.59 Å². The third-order valence-corrected chi connectivity index (χ3v) is 6.50. The number of carbonyl (C=O) groups excluding carboxylic acids is 2. The molecule has 1 N–H and O–H groups in total. The molecule has 0 saturated carbocycles. The molecule has 3 aromatic heterocycles. The molecule has 2 amide bonds. The summed E-state index contributed by atoms with van der Waals surface area (Å²) in [4.78, 5) is 36.0. The van der Waals surface area contributed by atoms with E-state index in [1.54, 1.807) is 34.6 Å². The molecule has 0 aliphatic rings. The van der Waals surface area contributed by atoms with Gasteiger partial charge in [0.1, 0.15) is 0 Å². The summed E-state index contributed by atoms with van der Waals surface area (Å²) < 4.78 is 0. The van der Waals surface area contributed by atoms with Crippen LogP contribution in [0.2, 0.25) is 0 Å². The quantitative estimate of drug-likeness (QED) is 0.604. The molecule has 0 radical (unpaired) electrons. The predicted octanol–water partition coefficient (Wildman–Crippen LogP) is 3.61. The molecule has 142 valence electrons. The van der Waals surface area contributed by atoms with Gasteiger partial charge in [-0.05, 0) is 17.9 Å². The molecule has 0 bridgehead atoms. The number of likely N-dealkylation sites (N-methyl/N-ethyl adjacent to an activating group) is 1. The number of thiophene rings is 1. The average Bonchev–Trinajstić information content (AvgIpc) is 3.37. The molecule has 0 saturated heterocycles. The van der Waals surface area contributed by atoms with Crippen molar-refractivity contribution in [3.8, 4) is 0 Å². The van der Waals surface area contributed by atoms with Gasteiger partial charge >= 0.3 is 0 Å². The van der Waals surface area contributed by atoms with Crippen LogP contribution in [0.5, 0.6) is 0 Å². The first-order valence-electron chi connectivity index (χ1n) is 8.47. The molecule has 0 aliphatic heterocycles. The lowest BCUT2D eigenvalue weighted by molar-refractivity contribution is -0.129. The molecule has 0 atom stereocenters. The van der Waals surface area contributed by atoms with Gasteiger partial charge in [-0.2, -0.15) is 0 Å². The smallest absolute Gasteiger partial charge is 0.231 e. The number of hydrogen-bond acceptors (Lipinski definition) is 7. The molecule has 3 heterocycles. The Hall–Kier alpha value is -2.10. The van der Waals surface area contributed by atoms with Crippen LogP contribution in [0.1, 0.15) is 28.2 Å². The van der Waals surface area contributed by atoms with Crippen LogP contribution in [0.15, 0.2) is 28.3 Å². The predicted molar refractivity (Wildman–Crippen MR) is 110 cm³/mol. The van der Waals surface area contributed by atoms with Crippen molar-refractivity contribution >= 4 is 51.0 Å². The molecular weight excluding hydrogens is 400 g/mol. The Labute approximate surface area is 169 Å². The minimum atomic E-state index is -0.0999. The van der Waals surface area contributed by atoms with E-state index in [0.29, 0.717) is 23.8 Å². The second-order valence-electron chi connectivity index (χ2n) is 5.96. The zero-order chi connectivity index (χ0) is 19.2. The molecule has 0 unspecified atom stereocenters. The summed E-state index contributed by atoms with van der Waals surface area (Å²) in [6.45, 7) is 2.56. The number of aryl methyl sites for hydroxylation is 1. The molecule has 6 nitrogen and oxygen atoms in total. The highest BCUT2D eigenvalue weighted by atomic mass is 32.1. The SMILES string of the molecule is CCc1nc(CN(C)C(=O)Cc2csc(NC(=O)Cc3cccs3)n2)cs1. The first kappa shape index (κ1) is 19.7. The molecule has 0 aromatic carbocycles. The topological polar surface area (TPSA) is 75.2 Å². The standard InChI is InChI=1S/C18H20N4O2S3/c1-3-16-19-13(11-26-16)9-22(2)17(24)7-12-10-27-18(20-12)21-15(23)8-14-5-4-6-25-14/h4-6,10-11H,3,7-9H2,1-2H3,(H,20,21,23). The first-order valence-corrected chi connectivity index (χ1v) is 11.1. The fraction of sp³-hybridized carbons (Fsp3) is 0.333. The summed E-state index contributed by atoms with van der Waals surface area (Å²) in [5.41, 5.74) is 1.57. The maximum absolute atomic E-state index is 12.4. The summed E-state index contributed by atoms with van der Waals surface area (Å²) in [6.07, 6.45) is 1.45. The maximum atomic E-state index is 12.4. The molecule has 0 spiro atoms. The third-order valence-electron chi connectivity index (χ3n) is 3.77. The van der Waals surface area contributed by atoms with E-state index in [0.717, 1.165) is 22.0 Å². The highest BCUT2D eigenvalue weighted by Gasteiger charge is 2.15. The van der Waals surface area contributed by atoms with Gasteiger partial charge in [0, 0.05) is 22.7 Å². The van der Waals surface area contributed by atoms with Gasteiger partial charge in [0.15, 0.2) is 5.13 Å². The van der Waals surface area contributed by atoms with E-state index >= 15 is 0 Å². The number of anilines is 1. The minimum Gasteiger partial charge on any atom is -0.339 e. The Bertz CT molecular complexity index is 902. The molecule has 0 fully saturated rings. The Balaban J connectivity index is 1.50. The molecule has 0 aliphatic carbocycles. The zero-order valence-corrected chi connectivity index (χ0v) is 17.5. The summed E-state index contributed by atoms with van der Waals surface area (Å²) >= 11 is 4.50. The number of nitrogens with zero attached hydrogens (tertiary/aromatic N) is 3. The van der Waals surface area contributed by atoms with Crippen LogP contribution in [0.25, 0.3) is 0 Å². The number of nitrogens with one attached hydrogen (secondary N) is 1. The van der Waals surface area contributed by atoms with Crippen LogP contribution in [0.4, 0.5) is 5.13 Å². The van der Waals surface area contributed by atoms with Gasteiger partial charge in [-0.1, -0.05) is 13.0 Å². The number of thiazole rings is 2. The number of carbonyl (C=O) groups is 2. The van der Waals surface area contributed by atoms with Crippen LogP contribution in [-0.4, -0.2) is 33.7 Å². The van der Waals surface area contributed by atoms with Crippen molar-refractivity contribution in [2.75, 3.05) is 12.4 Å². The van der Waals surface area contributed by atoms with E-state index in [1.165, 1.54) is 11.3 Å². The summed E-state index contributed by atoms with van der Waals surface area (Å²) in [7, 11) is 1.77. The fourth-order valence-corrected chi connectivity index (χ4v) is 4.55. The minimum absolute atomic E-state index is 0.0252. The Morgan fingerprint density at radius 2 is 1.93 bits per heavy atom. The van der Waals surface area contributed by atoms with Gasteiger partial charge in [0.2, 0.25) is 11.8 Å². The van der Waals surface area contributed by atoms with E-state index in [2.05, 4.69) is 22.2 Å². The number of aromatic nitrogens is 2. The van der Waals surface area contributed by atoms with E-state index in [4.69, 9.17) is 0 Å². The second-order valence-corrected chi connectivity index (χ2v) is 8.79. The normalized spacial score (nSPS) is 10.7. The van der Waals surface area contributed by atoms with Crippen LogP contribution in [0.3, 0.4) is 0 Å². The van der Waals surface area contributed by atoms with Crippen LogP contribution >= 0.6 is 34.0 Å². The summed E-state index contributed by atoms with van der Waals surface area (Å²) in [6, 6.07) is 3.85. The summed E-state index contributed by atoms with van der Waals surface area (Å²) in [5, 5.41) is 10.1. The molecule has 3 rings (SSSR count). The molecular formula is C18H20N4O2S3. The molecule has 9 heteroatoms. The number of rotatable bonds is 8. The van der Waals surface area contributed by atoms with E-state index in [-0.39, 0.29) is 18.2 Å². The lowest BCUT2D eigenvalue weighted by Crippen LogP contribution is -2.28. The van der Waals surface area contributed by atoms with E-state index in [1.807, 2.05) is 28.3 Å². The first-order chi connectivity index (χ1) is 13.0. The molecule has 27 heavy (non-hydrogen) atoms. The van der Waals surface area contributed by atoms with Crippen molar-refractivity contribution in [1.29, 1.82) is 0 Å². The number of hydrogen-bond donors (Lipinski definition) is 1. The largest absolute Gasteiger partial charge is 0.339 e. The van der Waals surface area contributed by atoms with Crippen molar-refractivity contribution in [2.24, 2.45) is 0 Å². The monoisotopic (exact) mass is 420 g/mol.